The summed E-state index contributed by atoms with van der Waals surface area (Å²) in [5.41, 5.74) is 9.05. The smallest absolute Gasteiger partial charge is 0.180 e. The zero-order valence-corrected chi connectivity index (χ0v) is 11.7. The molecule has 2 heterocycles. The van der Waals surface area contributed by atoms with Crippen molar-refractivity contribution in [1.29, 1.82) is 0 Å². The zero-order valence-electron chi connectivity index (χ0n) is 10.0. The molecule has 2 rings (SSSR count). The average Bonchev–Trinajstić information content (AvgIpc) is 2.63. The van der Waals surface area contributed by atoms with E-state index in [4.69, 9.17) is 5.73 Å². The molecule has 2 aromatic rings. The zero-order chi connectivity index (χ0) is 12.4. The summed E-state index contributed by atoms with van der Waals surface area (Å²) in [6.45, 7) is 6.49. The van der Waals surface area contributed by atoms with E-state index < -0.39 is 0 Å². The first-order valence-electron chi connectivity index (χ1n) is 5.25. The molecule has 0 fully saturated rings. The Hall–Kier alpha value is -0.980. The Labute approximate surface area is 109 Å². The first-order chi connectivity index (χ1) is 8.10. The first-order valence-corrected chi connectivity index (χ1v) is 6.88. The molecule has 0 saturated heterocycles. The summed E-state index contributed by atoms with van der Waals surface area (Å²) in [5.74, 6) is 0. The van der Waals surface area contributed by atoms with Gasteiger partial charge in [0.25, 0.3) is 0 Å². The Morgan fingerprint density at radius 1 is 1.29 bits per heavy atom. The van der Waals surface area contributed by atoms with Crippen LogP contribution in [0.1, 0.15) is 21.8 Å². The van der Waals surface area contributed by atoms with E-state index >= 15 is 0 Å². The fourth-order valence-electron chi connectivity index (χ4n) is 1.56. The van der Waals surface area contributed by atoms with Gasteiger partial charge >= 0.3 is 0 Å². The minimum atomic E-state index is 0.499. The highest BCUT2D eigenvalue weighted by atomic mass is 32.2. The Bertz CT molecular complexity index is 536. The molecular weight excluding hydrogens is 252 g/mol. The van der Waals surface area contributed by atoms with Crippen LogP contribution in [0.2, 0.25) is 0 Å². The molecule has 0 spiro atoms. The third-order valence-corrected chi connectivity index (χ3v) is 4.25. The second kappa shape index (κ2) is 5.12. The molecule has 0 radical (unpaired) electrons. The summed E-state index contributed by atoms with van der Waals surface area (Å²) in [7, 11) is 0. The molecule has 0 aromatic carbocycles. The Morgan fingerprint density at radius 3 is 2.65 bits per heavy atom. The lowest BCUT2D eigenvalue weighted by Crippen LogP contribution is -2.04. The highest BCUT2D eigenvalue weighted by molar-refractivity contribution is 8.01. The van der Waals surface area contributed by atoms with Gasteiger partial charge in [-0.2, -0.15) is 0 Å². The van der Waals surface area contributed by atoms with Crippen LogP contribution in [0.5, 0.6) is 0 Å². The lowest BCUT2D eigenvalue weighted by Gasteiger charge is -2.09. The van der Waals surface area contributed by atoms with Crippen LogP contribution in [0, 0.1) is 20.8 Å². The molecular formula is C11H14N4S2. The molecule has 0 saturated carbocycles. The Balaban J connectivity index is 2.37. The minimum absolute atomic E-state index is 0.499. The highest BCUT2D eigenvalue weighted by Gasteiger charge is 2.11. The van der Waals surface area contributed by atoms with Crippen molar-refractivity contribution in [3.05, 3.63) is 27.9 Å². The fourth-order valence-corrected chi connectivity index (χ4v) is 3.55. The highest BCUT2D eigenvalue weighted by Crippen LogP contribution is 2.32. The number of rotatable bonds is 3. The van der Waals surface area contributed by atoms with Gasteiger partial charge in [-0.3, -0.25) is 0 Å². The normalized spacial score (nSPS) is 10.8. The summed E-state index contributed by atoms with van der Waals surface area (Å²) in [6, 6.07) is 2.05. The summed E-state index contributed by atoms with van der Waals surface area (Å²) in [4.78, 5) is 4.53. The molecule has 0 aliphatic rings. The van der Waals surface area contributed by atoms with Crippen molar-refractivity contribution in [1.82, 2.24) is 15.2 Å². The maximum Gasteiger partial charge on any atom is 0.180 e. The van der Waals surface area contributed by atoms with Crippen molar-refractivity contribution in [3.8, 4) is 0 Å². The number of nitrogens with two attached hydrogens (primary N) is 1. The molecule has 0 unspecified atom stereocenters. The largest absolute Gasteiger partial charge is 0.326 e. The SMILES string of the molecule is Cc1cc(C)c(CN)c(Sc2nnc(C)s2)n1. The van der Waals surface area contributed by atoms with Gasteiger partial charge in [-0.1, -0.05) is 11.3 Å². The van der Waals surface area contributed by atoms with E-state index in [2.05, 4.69) is 28.2 Å². The number of hydrogen-bond acceptors (Lipinski definition) is 6. The van der Waals surface area contributed by atoms with Gasteiger partial charge in [0.15, 0.2) is 4.34 Å². The van der Waals surface area contributed by atoms with Crippen molar-refractivity contribution >= 4 is 23.1 Å². The summed E-state index contributed by atoms with van der Waals surface area (Å²) < 4.78 is 0.912. The van der Waals surface area contributed by atoms with E-state index in [0.29, 0.717) is 6.54 Å². The van der Waals surface area contributed by atoms with Crippen LogP contribution < -0.4 is 5.73 Å². The fraction of sp³-hybridized carbons (Fsp3) is 0.364. The van der Waals surface area contributed by atoms with Gasteiger partial charge in [0, 0.05) is 17.8 Å². The predicted octanol–water partition coefficient (Wildman–Crippen LogP) is 2.47. The van der Waals surface area contributed by atoms with Gasteiger partial charge in [0.1, 0.15) is 10.0 Å². The van der Waals surface area contributed by atoms with Crippen molar-refractivity contribution in [2.75, 3.05) is 0 Å². The molecule has 0 amide bonds. The molecule has 0 aliphatic heterocycles. The standard InChI is InChI=1S/C11H14N4S2/c1-6-4-7(2)13-10(9(6)5-12)17-11-15-14-8(3)16-11/h4H,5,12H2,1-3H3. The molecule has 2 N–H and O–H groups in total. The van der Waals surface area contributed by atoms with Crippen LogP contribution in [-0.4, -0.2) is 15.2 Å². The van der Waals surface area contributed by atoms with Crippen LogP contribution in [-0.2, 0) is 6.54 Å². The van der Waals surface area contributed by atoms with Crippen LogP contribution in [0.25, 0.3) is 0 Å². The van der Waals surface area contributed by atoms with Gasteiger partial charge in [-0.25, -0.2) is 4.98 Å². The van der Waals surface area contributed by atoms with Crippen LogP contribution >= 0.6 is 23.1 Å². The molecule has 4 nitrogen and oxygen atoms in total. The van der Waals surface area contributed by atoms with Gasteiger partial charge in [0.05, 0.1) is 0 Å². The monoisotopic (exact) mass is 266 g/mol. The van der Waals surface area contributed by atoms with E-state index in [0.717, 1.165) is 25.6 Å². The van der Waals surface area contributed by atoms with Crippen molar-refractivity contribution in [3.63, 3.8) is 0 Å². The molecule has 0 bridgehead atoms. The second-order valence-electron chi connectivity index (χ2n) is 3.76. The third-order valence-electron chi connectivity index (χ3n) is 2.33. The molecule has 0 aliphatic carbocycles. The molecule has 90 valence electrons. The maximum atomic E-state index is 5.77. The summed E-state index contributed by atoms with van der Waals surface area (Å²) in [6.07, 6.45) is 0. The van der Waals surface area contributed by atoms with Crippen LogP contribution in [0.3, 0.4) is 0 Å². The Morgan fingerprint density at radius 2 is 2.06 bits per heavy atom. The van der Waals surface area contributed by atoms with Gasteiger partial charge in [-0.05, 0) is 44.2 Å². The van der Waals surface area contributed by atoms with Crippen molar-refractivity contribution < 1.29 is 0 Å². The van der Waals surface area contributed by atoms with Gasteiger partial charge in [0.2, 0.25) is 0 Å². The van der Waals surface area contributed by atoms with Crippen LogP contribution in [0.4, 0.5) is 0 Å². The third kappa shape index (κ3) is 2.83. The maximum absolute atomic E-state index is 5.77. The predicted molar refractivity (Wildman–Crippen MR) is 70.4 cm³/mol. The van der Waals surface area contributed by atoms with Gasteiger partial charge < -0.3 is 5.73 Å². The number of nitrogens with zero attached hydrogens (tertiary/aromatic N) is 3. The average molecular weight is 266 g/mol. The van der Waals surface area contributed by atoms with Crippen molar-refractivity contribution in [2.45, 2.75) is 36.7 Å². The quantitative estimate of drug-likeness (QED) is 0.924. The molecule has 6 heteroatoms. The van der Waals surface area contributed by atoms with E-state index in [9.17, 15) is 0 Å². The topological polar surface area (TPSA) is 64.7 Å². The van der Waals surface area contributed by atoms with E-state index in [1.165, 1.54) is 5.56 Å². The number of aromatic nitrogens is 3. The summed E-state index contributed by atoms with van der Waals surface area (Å²) in [5, 5.41) is 10.0. The van der Waals surface area contributed by atoms with Crippen molar-refractivity contribution in [2.24, 2.45) is 5.73 Å². The number of aryl methyl sites for hydroxylation is 3. The van der Waals surface area contributed by atoms with E-state index in [1.807, 2.05) is 13.8 Å². The molecule has 17 heavy (non-hydrogen) atoms. The van der Waals surface area contributed by atoms with E-state index in [1.54, 1.807) is 23.1 Å². The number of pyridine rings is 1. The molecule has 0 atom stereocenters. The van der Waals surface area contributed by atoms with E-state index in [-0.39, 0.29) is 0 Å². The lowest BCUT2D eigenvalue weighted by molar-refractivity contribution is 0.917. The molecule has 2 aromatic heterocycles. The van der Waals surface area contributed by atoms with Crippen LogP contribution in [0.15, 0.2) is 15.4 Å². The Kier molecular flexibility index (Phi) is 3.76. The lowest BCUT2D eigenvalue weighted by atomic mass is 10.1. The first kappa shape index (κ1) is 12.5. The van der Waals surface area contributed by atoms with Gasteiger partial charge in [-0.15, -0.1) is 10.2 Å². The summed E-state index contributed by atoms with van der Waals surface area (Å²) >= 11 is 3.12. The number of hydrogen-bond donors (Lipinski definition) is 1. The minimum Gasteiger partial charge on any atom is -0.326 e. The second-order valence-corrected chi connectivity index (χ2v) is 6.17.